The first kappa shape index (κ1) is 16.8. The van der Waals surface area contributed by atoms with E-state index in [1.54, 1.807) is 17.1 Å². The van der Waals surface area contributed by atoms with Crippen molar-refractivity contribution < 1.29 is 8.42 Å². The maximum Gasteiger partial charge on any atom is 0.246 e. The van der Waals surface area contributed by atoms with Gasteiger partial charge in [0.05, 0.1) is 6.20 Å². The lowest BCUT2D eigenvalue weighted by molar-refractivity contribution is 0.329. The van der Waals surface area contributed by atoms with E-state index in [2.05, 4.69) is 20.6 Å². The molecule has 3 heterocycles. The molecule has 3 rings (SSSR count). The van der Waals surface area contributed by atoms with Crippen LogP contribution in [-0.4, -0.2) is 51.8 Å². The molecule has 24 heavy (non-hydrogen) atoms. The van der Waals surface area contributed by atoms with Crippen LogP contribution < -0.4 is 5.32 Å². The lowest BCUT2D eigenvalue weighted by Crippen LogP contribution is -2.42. The minimum atomic E-state index is -3.48. The molecular weight excluding hydrogens is 328 g/mol. The van der Waals surface area contributed by atoms with E-state index in [4.69, 9.17) is 0 Å². The fourth-order valence-corrected chi connectivity index (χ4v) is 4.12. The van der Waals surface area contributed by atoms with Gasteiger partial charge in [0.25, 0.3) is 0 Å². The van der Waals surface area contributed by atoms with Crippen LogP contribution in [0.15, 0.2) is 35.6 Å². The highest BCUT2D eigenvalue weighted by molar-refractivity contribution is 7.89. The number of piperidine rings is 1. The summed E-state index contributed by atoms with van der Waals surface area (Å²) in [7, 11) is -3.48. The Morgan fingerprint density at radius 2 is 2.04 bits per heavy atom. The summed E-state index contributed by atoms with van der Waals surface area (Å²) >= 11 is 0. The van der Waals surface area contributed by atoms with Gasteiger partial charge >= 0.3 is 0 Å². The van der Waals surface area contributed by atoms with Crippen LogP contribution in [0.4, 0.5) is 5.82 Å². The summed E-state index contributed by atoms with van der Waals surface area (Å²) in [4.78, 5) is 0.261. The van der Waals surface area contributed by atoms with Crippen LogP contribution in [0.2, 0.25) is 0 Å². The first-order valence-electron chi connectivity index (χ1n) is 8.05. The van der Waals surface area contributed by atoms with Crippen molar-refractivity contribution in [1.82, 2.24) is 24.3 Å². The van der Waals surface area contributed by atoms with Gasteiger partial charge in [0, 0.05) is 37.6 Å². The van der Waals surface area contributed by atoms with Crippen molar-refractivity contribution in [2.45, 2.75) is 43.7 Å². The topological polar surface area (TPSA) is 93.0 Å². The largest absolute Gasteiger partial charge is 0.366 e. The summed E-state index contributed by atoms with van der Waals surface area (Å²) in [5.41, 5.74) is 0. The fraction of sp³-hybridized carbons (Fsp3) is 0.533. The van der Waals surface area contributed by atoms with Gasteiger partial charge in [-0.25, -0.2) is 8.42 Å². The Kier molecular flexibility index (Phi) is 4.81. The van der Waals surface area contributed by atoms with Crippen molar-refractivity contribution in [3.8, 4) is 0 Å². The quantitative estimate of drug-likeness (QED) is 0.879. The third-order valence-corrected chi connectivity index (χ3v) is 5.97. The van der Waals surface area contributed by atoms with E-state index in [0.717, 1.165) is 18.7 Å². The summed E-state index contributed by atoms with van der Waals surface area (Å²) in [5.74, 6) is 0.719. The van der Waals surface area contributed by atoms with Gasteiger partial charge in [-0.2, -0.15) is 14.5 Å². The smallest absolute Gasteiger partial charge is 0.246 e. The molecule has 0 radical (unpaired) electrons. The number of hydrogen-bond donors (Lipinski definition) is 1. The van der Waals surface area contributed by atoms with Crippen LogP contribution in [0.5, 0.6) is 0 Å². The lowest BCUT2D eigenvalue weighted by atomic mass is 10.1. The normalized spacial score (nSPS) is 17.3. The Hall–Kier alpha value is -2.00. The van der Waals surface area contributed by atoms with Crippen LogP contribution in [0.1, 0.15) is 32.7 Å². The molecule has 0 saturated carbocycles. The summed E-state index contributed by atoms with van der Waals surface area (Å²) in [6.07, 6.45) is 6.11. The number of rotatable bonds is 5. The molecule has 2 aromatic rings. The number of nitrogens with one attached hydrogen (secondary N) is 1. The van der Waals surface area contributed by atoms with Gasteiger partial charge in [0.1, 0.15) is 10.7 Å². The van der Waals surface area contributed by atoms with E-state index < -0.39 is 10.0 Å². The Bertz CT molecular complexity index is 766. The van der Waals surface area contributed by atoms with Crippen molar-refractivity contribution in [3.63, 3.8) is 0 Å². The highest BCUT2D eigenvalue weighted by Crippen LogP contribution is 2.22. The van der Waals surface area contributed by atoms with Gasteiger partial charge in [-0.3, -0.25) is 4.68 Å². The van der Waals surface area contributed by atoms with Crippen LogP contribution in [0.25, 0.3) is 0 Å². The molecule has 0 aliphatic carbocycles. The maximum atomic E-state index is 12.7. The van der Waals surface area contributed by atoms with Crippen molar-refractivity contribution in [2.24, 2.45) is 0 Å². The van der Waals surface area contributed by atoms with Gasteiger partial charge < -0.3 is 5.32 Å². The van der Waals surface area contributed by atoms with E-state index in [9.17, 15) is 8.42 Å². The highest BCUT2D eigenvalue weighted by Gasteiger charge is 2.30. The van der Waals surface area contributed by atoms with E-state index in [-0.39, 0.29) is 17.0 Å². The van der Waals surface area contributed by atoms with Gasteiger partial charge in [0.2, 0.25) is 10.0 Å². The average Bonchev–Trinajstić information content (AvgIpc) is 3.07. The molecule has 1 aliphatic heterocycles. The molecule has 1 N–H and O–H groups in total. The molecule has 2 aromatic heterocycles. The zero-order chi connectivity index (χ0) is 17.2. The molecule has 0 bridgehead atoms. The molecular formula is C15H22N6O2S. The van der Waals surface area contributed by atoms with Crippen molar-refractivity contribution in [3.05, 3.63) is 30.7 Å². The van der Waals surface area contributed by atoms with E-state index in [1.165, 1.54) is 10.5 Å². The van der Waals surface area contributed by atoms with E-state index in [1.807, 2.05) is 26.0 Å². The Morgan fingerprint density at radius 1 is 1.29 bits per heavy atom. The molecule has 0 amide bonds. The number of hydrogen-bond acceptors (Lipinski definition) is 6. The molecule has 1 fully saturated rings. The standard InChI is InChI=1S/C15H22N6O2S/c1-12(2)21-11-14(10-17-21)24(22,23)20-8-5-13(6-9-20)18-15-4-3-7-16-19-15/h3-4,7,10-13H,5-6,8-9H2,1-2H3,(H,18,19). The number of nitrogens with zero attached hydrogens (tertiary/aromatic N) is 5. The minimum Gasteiger partial charge on any atom is -0.366 e. The SMILES string of the molecule is CC(C)n1cc(S(=O)(=O)N2CCC(Nc3cccnn3)CC2)cn1. The van der Waals surface area contributed by atoms with E-state index >= 15 is 0 Å². The van der Waals surface area contributed by atoms with Crippen molar-refractivity contribution in [2.75, 3.05) is 18.4 Å². The van der Waals surface area contributed by atoms with Crippen LogP contribution in [-0.2, 0) is 10.0 Å². The predicted molar refractivity (Wildman–Crippen MR) is 90.0 cm³/mol. The first-order chi connectivity index (χ1) is 11.5. The Labute approximate surface area is 141 Å². The third-order valence-electron chi connectivity index (χ3n) is 4.12. The third kappa shape index (κ3) is 3.57. The molecule has 1 saturated heterocycles. The zero-order valence-electron chi connectivity index (χ0n) is 13.8. The van der Waals surface area contributed by atoms with E-state index in [0.29, 0.717) is 13.1 Å². The first-order valence-corrected chi connectivity index (χ1v) is 9.49. The zero-order valence-corrected chi connectivity index (χ0v) is 14.6. The average molecular weight is 350 g/mol. The molecule has 9 heteroatoms. The second kappa shape index (κ2) is 6.86. The summed E-state index contributed by atoms with van der Waals surface area (Å²) in [5, 5.41) is 15.3. The summed E-state index contributed by atoms with van der Waals surface area (Å²) < 4.78 is 28.6. The molecule has 8 nitrogen and oxygen atoms in total. The monoisotopic (exact) mass is 350 g/mol. The Balaban J connectivity index is 1.62. The predicted octanol–water partition coefficient (Wildman–Crippen LogP) is 1.52. The van der Waals surface area contributed by atoms with Crippen LogP contribution in [0, 0.1) is 0 Å². The van der Waals surface area contributed by atoms with Crippen molar-refractivity contribution in [1.29, 1.82) is 0 Å². The molecule has 0 unspecified atom stereocenters. The maximum absolute atomic E-state index is 12.7. The molecule has 1 aliphatic rings. The second-order valence-electron chi connectivity index (χ2n) is 6.18. The number of sulfonamides is 1. The molecule has 0 spiro atoms. The minimum absolute atomic E-state index is 0.135. The van der Waals surface area contributed by atoms with Gasteiger partial charge in [-0.1, -0.05) is 0 Å². The van der Waals surface area contributed by atoms with Gasteiger partial charge in [-0.05, 0) is 38.8 Å². The number of aromatic nitrogens is 4. The fourth-order valence-electron chi connectivity index (χ4n) is 2.71. The molecule has 0 aromatic carbocycles. The molecule has 130 valence electrons. The number of anilines is 1. The summed E-state index contributed by atoms with van der Waals surface area (Å²) in [6.45, 7) is 4.89. The Morgan fingerprint density at radius 3 is 2.62 bits per heavy atom. The highest BCUT2D eigenvalue weighted by atomic mass is 32.2. The van der Waals surface area contributed by atoms with Gasteiger partial charge in [0.15, 0.2) is 0 Å². The second-order valence-corrected chi connectivity index (χ2v) is 8.12. The van der Waals surface area contributed by atoms with Gasteiger partial charge in [-0.15, -0.1) is 5.10 Å². The van der Waals surface area contributed by atoms with Crippen molar-refractivity contribution >= 4 is 15.8 Å². The van der Waals surface area contributed by atoms with Crippen LogP contribution >= 0.6 is 0 Å². The molecule has 0 atom stereocenters. The van der Waals surface area contributed by atoms with Crippen LogP contribution in [0.3, 0.4) is 0 Å². The summed E-state index contributed by atoms with van der Waals surface area (Å²) in [6, 6.07) is 4.01. The lowest BCUT2D eigenvalue weighted by Gasteiger charge is -2.31.